The zero-order valence-electron chi connectivity index (χ0n) is 24.7. The number of halogens is 3. The molecule has 2 amide bonds. The van der Waals surface area contributed by atoms with Gasteiger partial charge in [0.15, 0.2) is 0 Å². The fourth-order valence-corrected chi connectivity index (χ4v) is 8.19. The third-order valence-electron chi connectivity index (χ3n) is 10.4. The van der Waals surface area contributed by atoms with Crippen LogP contribution >= 0.6 is 0 Å². The van der Waals surface area contributed by atoms with Gasteiger partial charge in [-0.3, -0.25) is 14.5 Å². The number of hydrogen-bond acceptors (Lipinski definition) is 4. The van der Waals surface area contributed by atoms with Gasteiger partial charge in [0.25, 0.3) is 0 Å². The van der Waals surface area contributed by atoms with Crippen LogP contribution in [0.1, 0.15) is 60.4 Å². The zero-order valence-corrected chi connectivity index (χ0v) is 24.7. The van der Waals surface area contributed by atoms with Gasteiger partial charge in [-0.15, -0.1) is 0 Å². The second-order valence-corrected chi connectivity index (χ2v) is 12.9. The molecule has 1 saturated carbocycles. The van der Waals surface area contributed by atoms with E-state index >= 15 is 0 Å². The Hall–Kier alpha value is -3.98. The first-order chi connectivity index (χ1) is 21.2. The Bertz CT molecular complexity index is 1670. The van der Waals surface area contributed by atoms with Gasteiger partial charge in [0.1, 0.15) is 29.7 Å². The van der Waals surface area contributed by atoms with E-state index in [1.165, 1.54) is 12.1 Å². The van der Waals surface area contributed by atoms with Crippen LogP contribution < -0.4 is 5.32 Å². The van der Waals surface area contributed by atoms with Gasteiger partial charge in [-0.25, -0.2) is 18.2 Å². The van der Waals surface area contributed by atoms with E-state index in [-0.39, 0.29) is 31.4 Å². The lowest BCUT2D eigenvalue weighted by atomic mass is 9.79. The SMILES string of the molecule is C[C@@]1(c2cc(F)cc(F)c2)CN(CCF)C2(CCCC2)C(=O)N1C/C=C/c1ccc2c(c1)C[C@@]1(C2)C(=O)Nc2ncccc21. The fraction of sp³-hybridized carbons (Fsp3) is 0.400. The lowest BCUT2D eigenvalue weighted by molar-refractivity contribution is -0.164. The topological polar surface area (TPSA) is 65.5 Å². The first-order valence-corrected chi connectivity index (χ1v) is 15.3. The van der Waals surface area contributed by atoms with Crippen molar-refractivity contribution in [1.29, 1.82) is 0 Å². The molecule has 1 N–H and O–H groups in total. The summed E-state index contributed by atoms with van der Waals surface area (Å²) in [5.41, 5.74) is 1.89. The molecule has 4 aliphatic rings. The number of amides is 2. The predicted molar refractivity (Wildman–Crippen MR) is 162 cm³/mol. The maximum atomic E-state index is 14.5. The van der Waals surface area contributed by atoms with E-state index in [0.29, 0.717) is 37.1 Å². The third-order valence-corrected chi connectivity index (χ3v) is 10.4. The van der Waals surface area contributed by atoms with Crippen molar-refractivity contribution in [1.82, 2.24) is 14.8 Å². The Morgan fingerprint density at radius 2 is 1.75 bits per heavy atom. The molecular weight excluding hydrogens is 565 g/mol. The quantitative estimate of drug-likeness (QED) is 0.394. The van der Waals surface area contributed by atoms with Crippen molar-refractivity contribution in [3.8, 4) is 0 Å². The van der Waals surface area contributed by atoms with Gasteiger partial charge in [0, 0.05) is 37.5 Å². The second-order valence-electron chi connectivity index (χ2n) is 12.9. The summed E-state index contributed by atoms with van der Waals surface area (Å²) in [6, 6.07) is 13.3. The van der Waals surface area contributed by atoms with Gasteiger partial charge in [0.2, 0.25) is 11.8 Å². The molecule has 1 aromatic heterocycles. The molecule has 0 radical (unpaired) electrons. The summed E-state index contributed by atoms with van der Waals surface area (Å²) < 4.78 is 42.7. The molecule has 9 heteroatoms. The lowest BCUT2D eigenvalue weighted by Gasteiger charge is -2.56. The Morgan fingerprint density at radius 3 is 2.50 bits per heavy atom. The number of nitrogens with one attached hydrogen (secondary N) is 1. The number of aromatic nitrogens is 1. The van der Waals surface area contributed by atoms with E-state index in [4.69, 9.17) is 0 Å². The van der Waals surface area contributed by atoms with Gasteiger partial charge in [-0.05, 0) is 73.1 Å². The molecular formula is C35H35F3N4O2. The smallest absolute Gasteiger partial charge is 0.244 e. The molecule has 2 spiro atoms. The van der Waals surface area contributed by atoms with Crippen LogP contribution in [0.4, 0.5) is 19.0 Å². The summed E-state index contributed by atoms with van der Waals surface area (Å²) in [6.07, 6.45) is 9.75. The minimum atomic E-state index is -1.07. The summed E-state index contributed by atoms with van der Waals surface area (Å²) in [7, 11) is 0. The number of rotatable bonds is 6. The molecule has 3 aromatic rings. The Labute approximate surface area is 255 Å². The van der Waals surface area contributed by atoms with Crippen molar-refractivity contribution in [2.75, 3.05) is 31.6 Å². The molecule has 44 heavy (non-hydrogen) atoms. The molecule has 3 heterocycles. The Morgan fingerprint density at radius 1 is 1.00 bits per heavy atom. The van der Waals surface area contributed by atoms with E-state index in [9.17, 15) is 22.8 Å². The molecule has 228 valence electrons. The zero-order chi connectivity index (χ0) is 30.7. The van der Waals surface area contributed by atoms with Crippen molar-refractivity contribution in [2.24, 2.45) is 0 Å². The van der Waals surface area contributed by atoms with Crippen LogP contribution in [-0.4, -0.2) is 58.4 Å². The molecule has 7 rings (SSSR count). The summed E-state index contributed by atoms with van der Waals surface area (Å²) in [4.78, 5) is 35.5. The number of anilines is 1. The molecule has 2 atom stereocenters. The van der Waals surface area contributed by atoms with Gasteiger partial charge in [-0.2, -0.15) is 0 Å². The van der Waals surface area contributed by atoms with E-state index < -0.39 is 34.8 Å². The highest BCUT2D eigenvalue weighted by molar-refractivity contribution is 6.06. The minimum absolute atomic E-state index is 0.0289. The van der Waals surface area contributed by atoms with Crippen LogP contribution in [0.2, 0.25) is 0 Å². The Balaban J connectivity index is 1.18. The van der Waals surface area contributed by atoms with Crippen LogP contribution in [0.3, 0.4) is 0 Å². The highest BCUT2D eigenvalue weighted by Gasteiger charge is 2.57. The van der Waals surface area contributed by atoms with E-state index in [2.05, 4.69) is 22.4 Å². The molecule has 1 saturated heterocycles. The number of piperazine rings is 1. The summed E-state index contributed by atoms with van der Waals surface area (Å²) in [6.45, 7) is 1.80. The largest absolute Gasteiger partial charge is 0.327 e. The fourth-order valence-electron chi connectivity index (χ4n) is 8.19. The summed E-state index contributed by atoms with van der Waals surface area (Å²) in [5, 5.41) is 2.94. The summed E-state index contributed by atoms with van der Waals surface area (Å²) in [5.74, 6) is -0.955. The predicted octanol–water partition coefficient (Wildman–Crippen LogP) is 5.70. The van der Waals surface area contributed by atoms with E-state index in [1.807, 2.05) is 42.2 Å². The van der Waals surface area contributed by atoms with Crippen molar-refractivity contribution in [3.05, 3.63) is 100 Å². The van der Waals surface area contributed by atoms with Gasteiger partial charge >= 0.3 is 0 Å². The first kappa shape index (κ1) is 28.8. The molecule has 0 unspecified atom stereocenters. The Kier molecular flexibility index (Phi) is 6.92. The van der Waals surface area contributed by atoms with Crippen LogP contribution in [-0.2, 0) is 33.4 Å². The number of alkyl halides is 1. The number of benzene rings is 2. The number of nitrogens with zero attached hydrogens (tertiary/aromatic N) is 3. The normalized spacial score (nSPS) is 25.8. The summed E-state index contributed by atoms with van der Waals surface area (Å²) >= 11 is 0. The van der Waals surface area contributed by atoms with E-state index in [0.717, 1.165) is 41.2 Å². The van der Waals surface area contributed by atoms with Gasteiger partial charge in [0.05, 0.1) is 11.0 Å². The monoisotopic (exact) mass is 600 g/mol. The maximum Gasteiger partial charge on any atom is 0.244 e. The molecule has 6 nitrogen and oxygen atoms in total. The second kappa shape index (κ2) is 10.6. The van der Waals surface area contributed by atoms with Crippen molar-refractivity contribution in [2.45, 2.75) is 61.9 Å². The number of hydrogen-bond donors (Lipinski definition) is 1. The minimum Gasteiger partial charge on any atom is -0.327 e. The maximum absolute atomic E-state index is 14.5. The molecule has 2 aliphatic heterocycles. The first-order valence-electron chi connectivity index (χ1n) is 15.3. The number of pyridine rings is 1. The molecule has 2 aliphatic carbocycles. The van der Waals surface area contributed by atoms with Crippen LogP contribution in [0.25, 0.3) is 6.08 Å². The van der Waals surface area contributed by atoms with Gasteiger partial charge < -0.3 is 10.2 Å². The molecule has 2 aromatic carbocycles. The average molecular weight is 601 g/mol. The molecule has 2 fully saturated rings. The van der Waals surface area contributed by atoms with Crippen molar-refractivity contribution >= 4 is 23.7 Å². The highest BCUT2D eigenvalue weighted by Crippen LogP contribution is 2.48. The number of carbonyl (C=O) groups excluding carboxylic acids is 2. The standard InChI is InChI=1S/C35H35F3N4O2/c1-33(26-17-27(37)19-28(38)18-26)22-41(15-12-36)35(10-2-3-11-35)32(44)42(33)14-5-6-23-8-9-24-20-34(21-25(24)16-23)29-7-4-13-39-30(29)40-31(34)43/h4-9,13,16-19H,2-3,10-12,14-15,20-22H2,1H3,(H,39,40,43)/b6-5+/t33-,34+/m0/s1. The van der Waals surface area contributed by atoms with Gasteiger partial charge in [-0.1, -0.05) is 49.3 Å². The number of fused-ring (bicyclic) bond motifs is 3. The van der Waals surface area contributed by atoms with Crippen LogP contribution in [0, 0.1) is 11.6 Å². The molecule has 0 bridgehead atoms. The van der Waals surface area contributed by atoms with Crippen LogP contribution in [0.15, 0.2) is 60.8 Å². The third kappa shape index (κ3) is 4.38. The van der Waals surface area contributed by atoms with Crippen molar-refractivity contribution < 1.29 is 22.8 Å². The average Bonchev–Trinajstić information content (AvgIpc) is 3.70. The van der Waals surface area contributed by atoms with Crippen molar-refractivity contribution in [3.63, 3.8) is 0 Å². The highest BCUT2D eigenvalue weighted by atomic mass is 19.1. The van der Waals surface area contributed by atoms with E-state index in [1.54, 1.807) is 11.1 Å². The lowest BCUT2D eigenvalue weighted by Crippen LogP contribution is -2.71. The number of carbonyl (C=O) groups is 2. The van der Waals surface area contributed by atoms with Crippen LogP contribution in [0.5, 0.6) is 0 Å².